The first-order valence-electron chi connectivity index (χ1n) is 34.0. The summed E-state index contributed by atoms with van der Waals surface area (Å²) in [4.78, 5) is 2.57. The van der Waals surface area contributed by atoms with Crippen LogP contribution >= 0.6 is 0 Å². The first-order chi connectivity index (χ1) is 42.6. The zero-order valence-corrected chi connectivity index (χ0v) is 60.2. The van der Waals surface area contributed by atoms with Gasteiger partial charge in [-0.3, -0.25) is 0 Å². The van der Waals surface area contributed by atoms with E-state index in [2.05, 4.69) is 358 Å². The molecule has 0 saturated carbocycles. The number of fused-ring (bicyclic) bond motifs is 3. The monoisotopic (exact) mass is 1210 g/mol. The molecule has 12 rings (SSSR count). The van der Waals surface area contributed by atoms with E-state index in [0.29, 0.717) is 0 Å². The lowest BCUT2D eigenvalue weighted by molar-refractivity contribution is 0.568. The van der Waals surface area contributed by atoms with Gasteiger partial charge in [-0.05, 0) is 209 Å². The minimum absolute atomic E-state index is 0.00541. The van der Waals surface area contributed by atoms with Gasteiger partial charge in [0, 0.05) is 32.9 Å². The molecule has 0 aliphatic rings. The molecular weight excluding hydrogens is 1110 g/mol. The van der Waals surface area contributed by atoms with Crippen LogP contribution in [0.2, 0.25) is 0 Å². The first-order valence-corrected chi connectivity index (χ1v) is 34.0. The number of hydrogen-bond acceptors (Lipinski definition) is 1. The number of aromatic nitrogens is 1. The third-order valence-electron chi connectivity index (χ3n) is 19.9. The van der Waals surface area contributed by atoms with Crippen LogP contribution in [0.3, 0.4) is 0 Å². The fourth-order valence-corrected chi connectivity index (χ4v) is 13.7. The van der Waals surface area contributed by atoms with E-state index < -0.39 is 0 Å². The molecule has 0 bridgehead atoms. The van der Waals surface area contributed by atoms with Crippen LogP contribution in [-0.2, 0) is 43.3 Å². The molecule has 472 valence electrons. The lowest BCUT2D eigenvalue weighted by atomic mass is 9.78. The molecule has 1 aromatic heterocycles. The summed E-state index contributed by atoms with van der Waals surface area (Å²) in [5.74, 6) is 0. The van der Waals surface area contributed by atoms with Crippen LogP contribution in [0.5, 0.6) is 0 Å². The Morgan fingerprint density at radius 2 is 0.565 bits per heavy atom. The van der Waals surface area contributed by atoms with Crippen molar-refractivity contribution in [1.29, 1.82) is 0 Å². The molecule has 1 heterocycles. The summed E-state index contributed by atoms with van der Waals surface area (Å²) in [6.07, 6.45) is 0. The first kappa shape index (κ1) is 64.2. The SMILES string of the molecule is CC(C)(C)c1cc(-c2cc(N(c3ccc(-c4cc(C(C)(C)C)cc(C(C)(C)C)c4)cc3)c3ccc4ccc5c(-n6c7ccc(C(C)(C)C)cc7c7cc(C(C)(C)C)ccc76)ccc6ccc3c4c65)cc(C(C)(C)C)c2)cc(-c2cc(C(C)(C)C)cc(C(C)(C)C)c2)c1. The van der Waals surface area contributed by atoms with Crippen molar-refractivity contribution in [3.63, 3.8) is 0 Å². The number of rotatable bonds is 7. The minimum atomic E-state index is -0.176. The number of hydrogen-bond donors (Lipinski definition) is 0. The van der Waals surface area contributed by atoms with Crippen LogP contribution in [0.1, 0.15) is 211 Å². The van der Waals surface area contributed by atoms with Gasteiger partial charge in [-0.1, -0.05) is 281 Å². The molecule has 2 nitrogen and oxygen atoms in total. The molecule has 0 spiro atoms. The minimum Gasteiger partial charge on any atom is -0.310 e. The van der Waals surface area contributed by atoms with E-state index in [1.807, 2.05) is 0 Å². The Hall–Kier alpha value is -7.94. The van der Waals surface area contributed by atoms with E-state index in [1.54, 1.807) is 0 Å². The average molecular weight is 1210 g/mol. The van der Waals surface area contributed by atoms with Crippen LogP contribution < -0.4 is 4.90 Å². The van der Waals surface area contributed by atoms with Crippen molar-refractivity contribution >= 4 is 71.2 Å². The second-order valence-electron chi connectivity index (χ2n) is 35.4. The standard InChI is InChI=1S/C90H102N2/c1-83(2,3)63-31-39-79-75(53-63)76-54-64(84(4,5)6)32-40-80(76)92(79)78-38-30-57-27-35-73-77(37-29-56-28-36-74(78)82(57)81(56)73)91(71-33-25-55(26-34-71)60-44-66(86(10,11)12)50-67(45-60)87(13,14)15)72-49-62(48-70(52-72)90(22,23)24)59-41-58(42-65(43-59)85(7,8)9)61-46-68(88(16,17)18)51-69(47-61)89(19,20)21/h25-54H,1-24H3. The van der Waals surface area contributed by atoms with Crippen molar-refractivity contribution in [2.45, 2.75) is 209 Å². The zero-order chi connectivity index (χ0) is 66.5. The van der Waals surface area contributed by atoms with Crippen LogP contribution in [-0.4, -0.2) is 4.57 Å². The Morgan fingerprint density at radius 3 is 0.989 bits per heavy atom. The second kappa shape index (κ2) is 21.8. The van der Waals surface area contributed by atoms with Gasteiger partial charge < -0.3 is 9.47 Å². The van der Waals surface area contributed by atoms with E-state index in [4.69, 9.17) is 0 Å². The van der Waals surface area contributed by atoms with Gasteiger partial charge in [0.2, 0.25) is 0 Å². The highest BCUT2D eigenvalue weighted by Gasteiger charge is 2.29. The summed E-state index contributed by atoms with van der Waals surface area (Å²) in [5.41, 5.74) is 24.8. The zero-order valence-electron chi connectivity index (χ0n) is 60.2. The highest BCUT2D eigenvalue weighted by molar-refractivity contribution is 6.27. The van der Waals surface area contributed by atoms with E-state index in [1.165, 1.54) is 138 Å². The maximum absolute atomic E-state index is 2.57. The Kier molecular flexibility index (Phi) is 15.2. The normalized spacial score (nSPS) is 13.4. The topological polar surface area (TPSA) is 8.17 Å². The summed E-state index contributed by atoms with van der Waals surface area (Å²) >= 11 is 0. The highest BCUT2D eigenvalue weighted by Crippen LogP contribution is 2.49. The molecule has 2 heteroatoms. The Bertz CT molecular complexity index is 4700. The summed E-state index contributed by atoms with van der Waals surface area (Å²) in [6, 6.07) is 72.4. The molecule has 0 N–H and O–H groups in total. The predicted octanol–water partition coefficient (Wildman–Crippen LogP) is 26.5. The van der Waals surface area contributed by atoms with Crippen molar-refractivity contribution in [3.05, 3.63) is 226 Å². The van der Waals surface area contributed by atoms with E-state index in [0.717, 1.165) is 17.1 Å². The molecule has 0 unspecified atom stereocenters. The van der Waals surface area contributed by atoms with Crippen molar-refractivity contribution in [1.82, 2.24) is 4.57 Å². The molecule has 92 heavy (non-hydrogen) atoms. The molecule has 0 atom stereocenters. The Balaban J connectivity index is 1.12. The average Bonchev–Trinajstić information content (AvgIpc) is 1.30. The third kappa shape index (κ3) is 12.0. The summed E-state index contributed by atoms with van der Waals surface area (Å²) in [6.45, 7) is 56.2. The molecule has 11 aromatic carbocycles. The number of anilines is 3. The van der Waals surface area contributed by atoms with Crippen molar-refractivity contribution < 1.29 is 0 Å². The maximum atomic E-state index is 2.57. The molecule has 0 saturated heterocycles. The Morgan fingerprint density at radius 1 is 0.228 bits per heavy atom. The quantitative estimate of drug-likeness (QED) is 0.144. The van der Waals surface area contributed by atoms with Gasteiger partial charge in [-0.2, -0.15) is 0 Å². The lowest BCUT2D eigenvalue weighted by Crippen LogP contribution is -2.17. The Labute approximate surface area is 552 Å². The molecule has 0 aliphatic carbocycles. The van der Waals surface area contributed by atoms with Crippen molar-refractivity contribution in [2.24, 2.45) is 0 Å². The van der Waals surface area contributed by atoms with Crippen LogP contribution in [0.25, 0.3) is 93.2 Å². The molecular formula is C90H102N2. The van der Waals surface area contributed by atoms with Gasteiger partial charge in [-0.25, -0.2) is 0 Å². The van der Waals surface area contributed by atoms with Crippen LogP contribution in [0.4, 0.5) is 17.1 Å². The highest BCUT2D eigenvalue weighted by atomic mass is 15.1. The van der Waals surface area contributed by atoms with Gasteiger partial charge in [0.15, 0.2) is 0 Å². The number of nitrogens with zero attached hydrogens (tertiary/aromatic N) is 2. The van der Waals surface area contributed by atoms with Gasteiger partial charge in [0.25, 0.3) is 0 Å². The van der Waals surface area contributed by atoms with Gasteiger partial charge in [0.1, 0.15) is 0 Å². The van der Waals surface area contributed by atoms with Crippen LogP contribution in [0, 0.1) is 0 Å². The molecule has 0 fully saturated rings. The van der Waals surface area contributed by atoms with Crippen LogP contribution in [0.15, 0.2) is 182 Å². The van der Waals surface area contributed by atoms with Gasteiger partial charge >= 0.3 is 0 Å². The maximum Gasteiger partial charge on any atom is 0.0541 e. The van der Waals surface area contributed by atoms with Gasteiger partial charge in [-0.15, -0.1) is 0 Å². The lowest BCUT2D eigenvalue weighted by Gasteiger charge is -2.31. The van der Waals surface area contributed by atoms with E-state index in [9.17, 15) is 0 Å². The molecule has 0 aliphatic heterocycles. The number of benzene rings is 11. The second-order valence-corrected chi connectivity index (χ2v) is 35.4. The molecule has 0 radical (unpaired) electrons. The molecule has 0 amide bonds. The fraction of sp³-hybridized carbons (Fsp3) is 0.356. The summed E-state index contributed by atoms with van der Waals surface area (Å²) in [5, 5.41) is 10.1. The van der Waals surface area contributed by atoms with E-state index >= 15 is 0 Å². The van der Waals surface area contributed by atoms with E-state index in [-0.39, 0.29) is 43.3 Å². The smallest absolute Gasteiger partial charge is 0.0541 e. The van der Waals surface area contributed by atoms with Crippen molar-refractivity contribution in [3.8, 4) is 39.1 Å². The summed E-state index contributed by atoms with van der Waals surface area (Å²) < 4.78 is 2.55. The van der Waals surface area contributed by atoms with Crippen molar-refractivity contribution in [2.75, 3.05) is 4.90 Å². The fourth-order valence-electron chi connectivity index (χ4n) is 13.7. The summed E-state index contributed by atoms with van der Waals surface area (Å²) in [7, 11) is 0. The largest absolute Gasteiger partial charge is 0.310 e. The predicted molar refractivity (Wildman–Crippen MR) is 405 cm³/mol. The van der Waals surface area contributed by atoms with Gasteiger partial charge in [0.05, 0.1) is 22.4 Å². The molecule has 12 aromatic rings. The third-order valence-corrected chi connectivity index (χ3v) is 19.9.